The van der Waals surface area contributed by atoms with Crippen LogP contribution >= 0.6 is 0 Å². The summed E-state index contributed by atoms with van der Waals surface area (Å²) >= 11 is 0. The molecule has 1 aliphatic heterocycles. The van der Waals surface area contributed by atoms with Crippen molar-refractivity contribution in [1.82, 2.24) is 10.2 Å². The predicted octanol–water partition coefficient (Wildman–Crippen LogP) is 3.13. The average Bonchev–Trinajstić information content (AvgIpc) is 2.92. The summed E-state index contributed by atoms with van der Waals surface area (Å²) in [6.07, 6.45) is 6.61. The molecule has 3 rings (SSSR count). The number of aliphatic carboxylic acids is 1. The molecule has 1 aromatic rings. The number of carbonyl (C=O) groups is 2. The third-order valence-corrected chi connectivity index (χ3v) is 5.78. The zero-order valence-electron chi connectivity index (χ0n) is 16.7. The van der Waals surface area contributed by atoms with Gasteiger partial charge in [0.2, 0.25) is 0 Å². The van der Waals surface area contributed by atoms with Gasteiger partial charge in [0, 0.05) is 36.5 Å². The van der Waals surface area contributed by atoms with E-state index in [1.807, 2.05) is 30.0 Å². The summed E-state index contributed by atoms with van der Waals surface area (Å²) in [6, 6.07) is 8.18. The molecule has 2 fully saturated rings. The molecule has 0 spiro atoms. The third-order valence-electron chi connectivity index (χ3n) is 5.78. The van der Waals surface area contributed by atoms with E-state index in [0.29, 0.717) is 6.54 Å². The maximum Gasteiger partial charge on any atom is 0.319 e. The van der Waals surface area contributed by atoms with Crippen LogP contribution in [-0.4, -0.2) is 60.3 Å². The lowest BCUT2D eigenvalue weighted by Crippen LogP contribution is -2.55. The molecule has 7 nitrogen and oxygen atoms in total. The molecular formula is C21H32N4O3. The first kappa shape index (κ1) is 20.5. The van der Waals surface area contributed by atoms with Crippen LogP contribution in [0.5, 0.6) is 0 Å². The van der Waals surface area contributed by atoms with Crippen LogP contribution in [-0.2, 0) is 4.79 Å². The Kier molecular flexibility index (Phi) is 7.14. The number of hydrogen-bond donors (Lipinski definition) is 3. The molecule has 0 atom stereocenters. The Hall–Kier alpha value is -2.28. The summed E-state index contributed by atoms with van der Waals surface area (Å²) in [5.74, 6) is -0.805. The van der Waals surface area contributed by atoms with Gasteiger partial charge in [-0.3, -0.25) is 9.69 Å². The van der Waals surface area contributed by atoms with Gasteiger partial charge in [0.15, 0.2) is 0 Å². The van der Waals surface area contributed by atoms with E-state index in [0.717, 1.165) is 37.3 Å². The second-order valence-electron chi connectivity index (χ2n) is 7.83. The topological polar surface area (TPSA) is 84.9 Å². The van der Waals surface area contributed by atoms with Crippen LogP contribution in [0.25, 0.3) is 0 Å². The minimum atomic E-state index is -0.805. The second-order valence-corrected chi connectivity index (χ2v) is 7.83. The quantitative estimate of drug-likeness (QED) is 0.668. The fraction of sp³-hybridized carbons (Fsp3) is 0.619. The first-order chi connectivity index (χ1) is 13.5. The summed E-state index contributed by atoms with van der Waals surface area (Å²) < 4.78 is 0. The number of urea groups is 1. The average molecular weight is 389 g/mol. The lowest BCUT2D eigenvalue weighted by molar-refractivity contribution is -0.139. The largest absolute Gasteiger partial charge is 0.480 e. The maximum atomic E-state index is 12.3. The molecule has 2 amide bonds. The summed E-state index contributed by atoms with van der Waals surface area (Å²) in [6.45, 7) is 4.88. The van der Waals surface area contributed by atoms with Gasteiger partial charge in [-0.1, -0.05) is 25.8 Å². The van der Waals surface area contributed by atoms with E-state index in [1.54, 1.807) is 0 Å². The molecule has 0 aromatic heterocycles. The van der Waals surface area contributed by atoms with Crippen molar-refractivity contribution in [3.05, 3.63) is 24.3 Å². The smallest absolute Gasteiger partial charge is 0.319 e. The van der Waals surface area contributed by atoms with Crippen molar-refractivity contribution in [3.8, 4) is 0 Å². The van der Waals surface area contributed by atoms with E-state index >= 15 is 0 Å². The normalized spacial score (nSPS) is 22.3. The van der Waals surface area contributed by atoms with Gasteiger partial charge in [-0.05, 0) is 50.4 Å². The summed E-state index contributed by atoms with van der Waals surface area (Å²) in [7, 11) is 0. The van der Waals surface area contributed by atoms with Crippen molar-refractivity contribution in [2.24, 2.45) is 0 Å². The Balaban J connectivity index is 1.47. The van der Waals surface area contributed by atoms with Crippen LogP contribution < -0.4 is 15.5 Å². The number of carboxylic acid groups (broad SMARTS) is 1. The molecule has 2 aliphatic rings. The molecular weight excluding hydrogens is 356 g/mol. The highest BCUT2D eigenvalue weighted by molar-refractivity contribution is 5.90. The Morgan fingerprint density at radius 1 is 1.18 bits per heavy atom. The van der Waals surface area contributed by atoms with Gasteiger partial charge in [0.05, 0.1) is 6.54 Å². The van der Waals surface area contributed by atoms with Crippen LogP contribution in [0.3, 0.4) is 0 Å². The van der Waals surface area contributed by atoms with Crippen molar-refractivity contribution < 1.29 is 14.7 Å². The van der Waals surface area contributed by atoms with E-state index in [4.69, 9.17) is 5.11 Å². The molecule has 0 bridgehead atoms. The highest BCUT2D eigenvalue weighted by Gasteiger charge is 2.34. The lowest BCUT2D eigenvalue weighted by atomic mass is 9.85. The van der Waals surface area contributed by atoms with Gasteiger partial charge < -0.3 is 20.6 Å². The Morgan fingerprint density at radius 2 is 1.89 bits per heavy atom. The maximum absolute atomic E-state index is 12.3. The number of rotatable bonds is 7. The fourth-order valence-electron chi connectivity index (χ4n) is 4.14. The van der Waals surface area contributed by atoms with E-state index in [2.05, 4.69) is 21.6 Å². The van der Waals surface area contributed by atoms with E-state index in [9.17, 15) is 9.59 Å². The molecule has 154 valence electrons. The molecule has 28 heavy (non-hydrogen) atoms. The van der Waals surface area contributed by atoms with E-state index in [-0.39, 0.29) is 24.7 Å². The molecule has 1 saturated carbocycles. The highest BCUT2D eigenvalue weighted by Crippen LogP contribution is 2.26. The van der Waals surface area contributed by atoms with E-state index < -0.39 is 5.97 Å². The zero-order valence-corrected chi connectivity index (χ0v) is 16.7. The Morgan fingerprint density at radius 3 is 2.54 bits per heavy atom. The number of benzene rings is 1. The number of nitrogens with zero attached hydrogens (tertiary/aromatic N) is 2. The highest BCUT2D eigenvalue weighted by atomic mass is 16.4. The third kappa shape index (κ3) is 5.61. The van der Waals surface area contributed by atoms with E-state index in [1.165, 1.54) is 25.7 Å². The first-order valence-electron chi connectivity index (χ1n) is 10.4. The molecule has 1 saturated heterocycles. The second kappa shape index (κ2) is 9.78. The Labute approximate surface area is 167 Å². The van der Waals surface area contributed by atoms with Crippen LogP contribution in [0.2, 0.25) is 0 Å². The van der Waals surface area contributed by atoms with Gasteiger partial charge in [-0.2, -0.15) is 0 Å². The molecule has 0 radical (unpaired) electrons. The number of carbonyl (C=O) groups excluding carboxylic acids is 1. The number of nitrogens with one attached hydrogen (secondary N) is 2. The van der Waals surface area contributed by atoms with Crippen molar-refractivity contribution >= 4 is 23.4 Å². The molecule has 1 aromatic carbocycles. The predicted molar refractivity (Wildman–Crippen MR) is 111 cm³/mol. The number of amides is 2. The molecule has 1 heterocycles. The molecule has 1 aliphatic carbocycles. The molecule has 3 N–H and O–H groups in total. The van der Waals surface area contributed by atoms with Crippen LogP contribution in [0.4, 0.5) is 16.2 Å². The number of likely N-dealkylation sites (N-methyl/N-ethyl adjacent to an activating group) is 1. The standard InChI is InChI=1S/C21H32N4O3/c1-2-24(15-20(26)27)19-13-17(14-19)23-21(28)22-16-8-7-9-18(12-16)25-10-5-3-4-6-11-25/h7-9,12,17,19H,2-6,10-11,13-15H2,1H3,(H,26,27)(H2,22,23,28). The van der Waals surface area contributed by atoms with Crippen LogP contribution in [0, 0.1) is 0 Å². The van der Waals surface area contributed by atoms with Gasteiger partial charge in [-0.15, -0.1) is 0 Å². The van der Waals surface area contributed by atoms with Crippen molar-refractivity contribution in [2.45, 2.75) is 57.5 Å². The number of hydrogen-bond acceptors (Lipinski definition) is 4. The monoisotopic (exact) mass is 388 g/mol. The number of carboxylic acids is 1. The lowest BCUT2D eigenvalue weighted by Gasteiger charge is -2.42. The summed E-state index contributed by atoms with van der Waals surface area (Å²) in [5, 5.41) is 14.9. The SMILES string of the molecule is CCN(CC(=O)O)C1CC(NC(=O)Nc2cccc(N3CCCCCC3)c2)C1. The van der Waals surface area contributed by atoms with Crippen molar-refractivity contribution in [2.75, 3.05) is 36.4 Å². The van der Waals surface area contributed by atoms with Crippen LogP contribution in [0.1, 0.15) is 45.4 Å². The number of anilines is 2. The minimum Gasteiger partial charge on any atom is -0.480 e. The summed E-state index contributed by atoms with van der Waals surface area (Å²) in [4.78, 5) is 27.6. The van der Waals surface area contributed by atoms with Gasteiger partial charge in [-0.25, -0.2) is 4.79 Å². The van der Waals surface area contributed by atoms with Gasteiger partial charge >= 0.3 is 12.0 Å². The van der Waals surface area contributed by atoms with Crippen molar-refractivity contribution in [3.63, 3.8) is 0 Å². The summed E-state index contributed by atoms with van der Waals surface area (Å²) in [5.41, 5.74) is 1.96. The zero-order chi connectivity index (χ0) is 19.9. The Bertz CT molecular complexity index is 667. The van der Waals surface area contributed by atoms with Crippen LogP contribution in [0.15, 0.2) is 24.3 Å². The minimum absolute atomic E-state index is 0.0589. The molecule has 7 heteroatoms. The van der Waals surface area contributed by atoms with Gasteiger partial charge in [0.25, 0.3) is 0 Å². The fourth-order valence-corrected chi connectivity index (χ4v) is 4.14. The van der Waals surface area contributed by atoms with Crippen molar-refractivity contribution in [1.29, 1.82) is 0 Å². The molecule has 0 unspecified atom stereocenters. The first-order valence-corrected chi connectivity index (χ1v) is 10.4. The van der Waals surface area contributed by atoms with Gasteiger partial charge in [0.1, 0.15) is 0 Å².